The van der Waals surface area contributed by atoms with Gasteiger partial charge < -0.3 is 10.6 Å². The molecule has 1 fully saturated rings. The summed E-state index contributed by atoms with van der Waals surface area (Å²) in [4.78, 5) is 0. The molecule has 2 aromatic rings. The molecule has 1 aliphatic heterocycles. The largest absolute Gasteiger partial charge is 0.372 e. The Bertz CT molecular complexity index is 516. The van der Waals surface area contributed by atoms with Crippen LogP contribution < -0.4 is 10.6 Å². The number of nitrogens with one attached hydrogen (secondary N) is 2. The lowest BCUT2D eigenvalue weighted by molar-refractivity contribution is 0.347. The zero-order chi connectivity index (χ0) is 12.4. The minimum atomic E-state index is 0.502. The standard InChI is InChI=1S/C14H19N3S/c1-10(11-5-4-8-15-9-11)16-14-12-6-2-3-7-13(12)17-18-14/h2-3,6-7,10-11,15-16H,4-5,8-9H2,1H3. The third-order valence-electron chi connectivity index (χ3n) is 3.78. The molecule has 3 nitrogen and oxygen atoms in total. The zero-order valence-electron chi connectivity index (χ0n) is 10.6. The zero-order valence-corrected chi connectivity index (χ0v) is 11.5. The van der Waals surface area contributed by atoms with Crippen molar-refractivity contribution in [1.82, 2.24) is 9.69 Å². The van der Waals surface area contributed by atoms with Gasteiger partial charge in [0.1, 0.15) is 5.00 Å². The third-order valence-corrected chi connectivity index (χ3v) is 4.59. The van der Waals surface area contributed by atoms with E-state index in [0.717, 1.165) is 18.0 Å². The Hall–Kier alpha value is -1.13. The number of hydrogen-bond acceptors (Lipinski definition) is 4. The molecule has 1 aliphatic rings. The van der Waals surface area contributed by atoms with E-state index in [0.29, 0.717) is 6.04 Å². The van der Waals surface area contributed by atoms with Gasteiger partial charge in [-0.25, -0.2) is 0 Å². The van der Waals surface area contributed by atoms with Gasteiger partial charge in [0.15, 0.2) is 0 Å². The van der Waals surface area contributed by atoms with Crippen LogP contribution in [0.15, 0.2) is 24.3 Å². The van der Waals surface area contributed by atoms with Crippen LogP contribution in [0.25, 0.3) is 10.9 Å². The summed E-state index contributed by atoms with van der Waals surface area (Å²) < 4.78 is 4.48. The maximum Gasteiger partial charge on any atom is 0.117 e. The number of piperidine rings is 1. The predicted molar refractivity (Wildman–Crippen MR) is 78.3 cm³/mol. The van der Waals surface area contributed by atoms with Crippen molar-refractivity contribution in [1.29, 1.82) is 0 Å². The highest BCUT2D eigenvalue weighted by molar-refractivity contribution is 7.11. The van der Waals surface area contributed by atoms with Crippen LogP contribution in [0, 0.1) is 5.92 Å². The monoisotopic (exact) mass is 261 g/mol. The first-order chi connectivity index (χ1) is 8.84. The molecular formula is C14H19N3S. The normalized spacial score (nSPS) is 21.9. The Kier molecular flexibility index (Phi) is 3.48. The fraction of sp³-hybridized carbons (Fsp3) is 0.500. The summed E-state index contributed by atoms with van der Waals surface area (Å²) in [6, 6.07) is 8.84. The van der Waals surface area contributed by atoms with Crippen molar-refractivity contribution in [2.24, 2.45) is 5.92 Å². The molecule has 1 saturated heterocycles. The summed E-state index contributed by atoms with van der Waals surface area (Å²) in [6.07, 6.45) is 2.61. The predicted octanol–water partition coefficient (Wildman–Crippen LogP) is 3.10. The summed E-state index contributed by atoms with van der Waals surface area (Å²) in [6.45, 7) is 4.59. The van der Waals surface area contributed by atoms with Gasteiger partial charge in [0, 0.05) is 11.4 Å². The summed E-state index contributed by atoms with van der Waals surface area (Å²) in [5, 5.41) is 9.59. The van der Waals surface area contributed by atoms with Crippen LogP contribution in [0.1, 0.15) is 19.8 Å². The Labute approximate surface area is 112 Å². The van der Waals surface area contributed by atoms with Gasteiger partial charge in [-0.2, -0.15) is 4.37 Å². The van der Waals surface area contributed by atoms with Gasteiger partial charge in [-0.15, -0.1) is 0 Å². The van der Waals surface area contributed by atoms with Crippen molar-refractivity contribution in [3.8, 4) is 0 Å². The van der Waals surface area contributed by atoms with Gasteiger partial charge in [-0.3, -0.25) is 0 Å². The van der Waals surface area contributed by atoms with Crippen LogP contribution in [0.2, 0.25) is 0 Å². The number of rotatable bonds is 3. The first kappa shape index (κ1) is 11.9. The van der Waals surface area contributed by atoms with Crippen LogP contribution >= 0.6 is 11.5 Å². The first-order valence-corrected chi connectivity index (χ1v) is 7.43. The summed E-state index contributed by atoms with van der Waals surface area (Å²) in [7, 11) is 0. The van der Waals surface area contributed by atoms with Gasteiger partial charge in [0.05, 0.1) is 5.52 Å². The Morgan fingerprint density at radius 2 is 2.33 bits per heavy atom. The van der Waals surface area contributed by atoms with Crippen LogP contribution in [-0.2, 0) is 0 Å². The summed E-state index contributed by atoms with van der Waals surface area (Å²) >= 11 is 1.57. The molecule has 1 aromatic carbocycles. The molecule has 2 atom stereocenters. The first-order valence-electron chi connectivity index (χ1n) is 6.66. The number of nitrogens with zero attached hydrogens (tertiary/aromatic N) is 1. The highest BCUT2D eigenvalue weighted by Gasteiger charge is 2.20. The quantitative estimate of drug-likeness (QED) is 0.891. The van der Waals surface area contributed by atoms with Gasteiger partial charge >= 0.3 is 0 Å². The van der Waals surface area contributed by atoms with Crippen molar-refractivity contribution in [3.63, 3.8) is 0 Å². The summed E-state index contributed by atoms with van der Waals surface area (Å²) in [5.74, 6) is 0.722. The van der Waals surface area contributed by atoms with Gasteiger partial charge in [0.25, 0.3) is 0 Å². The van der Waals surface area contributed by atoms with E-state index >= 15 is 0 Å². The van der Waals surface area contributed by atoms with Crippen molar-refractivity contribution >= 4 is 27.4 Å². The molecule has 2 unspecified atom stereocenters. The fourth-order valence-electron chi connectivity index (χ4n) is 2.62. The van der Waals surface area contributed by atoms with Gasteiger partial charge in [-0.05, 0) is 62.4 Å². The average molecular weight is 261 g/mol. The Balaban J connectivity index is 1.75. The smallest absolute Gasteiger partial charge is 0.117 e. The molecule has 96 valence electrons. The second-order valence-electron chi connectivity index (χ2n) is 5.07. The number of hydrogen-bond donors (Lipinski definition) is 2. The van der Waals surface area contributed by atoms with Crippen LogP contribution in [0.3, 0.4) is 0 Å². The molecular weight excluding hydrogens is 242 g/mol. The molecule has 0 spiro atoms. The highest BCUT2D eigenvalue weighted by atomic mass is 32.1. The van der Waals surface area contributed by atoms with E-state index in [-0.39, 0.29) is 0 Å². The number of benzene rings is 1. The fourth-order valence-corrected chi connectivity index (χ4v) is 3.48. The minimum Gasteiger partial charge on any atom is -0.372 e. The molecule has 3 rings (SSSR count). The summed E-state index contributed by atoms with van der Waals surface area (Å²) in [5.41, 5.74) is 1.10. The molecule has 0 bridgehead atoms. The lowest BCUT2D eigenvalue weighted by Crippen LogP contribution is -2.38. The van der Waals surface area contributed by atoms with E-state index in [1.165, 1.54) is 29.8 Å². The maximum absolute atomic E-state index is 4.48. The van der Waals surface area contributed by atoms with Gasteiger partial charge in [-0.1, -0.05) is 12.1 Å². The maximum atomic E-state index is 4.48. The molecule has 4 heteroatoms. The topological polar surface area (TPSA) is 37.0 Å². The molecule has 0 saturated carbocycles. The van der Waals surface area contributed by atoms with E-state index in [1.54, 1.807) is 11.5 Å². The SMILES string of the molecule is CC(Nc1snc2ccccc12)C1CCCNC1. The van der Waals surface area contributed by atoms with E-state index in [2.05, 4.69) is 40.1 Å². The molecule has 18 heavy (non-hydrogen) atoms. The molecule has 0 amide bonds. The lowest BCUT2D eigenvalue weighted by atomic mass is 9.93. The average Bonchev–Trinajstić information content (AvgIpc) is 2.83. The number of aromatic nitrogens is 1. The number of fused-ring (bicyclic) bond motifs is 1. The van der Waals surface area contributed by atoms with Crippen molar-refractivity contribution in [2.75, 3.05) is 18.4 Å². The lowest BCUT2D eigenvalue weighted by Gasteiger charge is -2.29. The van der Waals surface area contributed by atoms with Crippen LogP contribution in [-0.4, -0.2) is 23.5 Å². The van der Waals surface area contributed by atoms with E-state index in [1.807, 2.05) is 6.07 Å². The molecule has 2 N–H and O–H groups in total. The van der Waals surface area contributed by atoms with Crippen molar-refractivity contribution in [2.45, 2.75) is 25.8 Å². The van der Waals surface area contributed by atoms with Crippen LogP contribution in [0.5, 0.6) is 0 Å². The van der Waals surface area contributed by atoms with E-state index in [4.69, 9.17) is 0 Å². The molecule has 2 heterocycles. The minimum absolute atomic E-state index is 0.502. The van der Waals surface area contributed by atoms with Crippen molar-refractivity contribution in [3.05, 3.63) is 24.3 Å². The highest BCUT2D eigenvalue weighted by Crippen LogP contribution is 2.29. The van der Waals surface area contributed by atoms with Gasteiger partial charge in [0.2, 0.25) is 0 Å². The third kappa shape index (κ3) is 2.35. The van der Waals surface area contributed by atoms with E-state index < -0.39 is 0 Å². The molecule has 0 radical (unpaired) electrons. The molecule has 0 aliphatic carbocycles. The second kappa shape index (κ2) is 5.24. The Morgan fingerprint density at radius 1 is 1.44 bits per heavy atom. The Morgan fingerprint density at radius 3 is 3.17 bits per heavy atom. The van der Waals surface area contributed by atoms with E-state index in [9.17, 15) is 0 Å². The van der Waals surface area contributed by atoms with Crippen molar-refractivity contribution < 1.29 is 0 Å². The second-order valence-corrected chi connectivity index (χ2v) is 5.84. The molecule has 1 aromatic heterocycles. The number of anilines is 1. The van der Waals surface area contributed by atoms with Crippen LogP contribution in [0.4, 0.5) is 5.00 Å².